The number of benzene rings is 1. The van der Waals surface area contributed by atoms with E-state index in [0.29, 0.717) is 17.5 Å². The molecule has 0 saturated heterocycles. The second kappa shape index (κ2) is 6.28. The Morgan fingerprint density at radius 2 is 1.80 bits per heavy atom. The highest BCUT2D eigenvalue weighted by Crippen LogP contribution is 2.30. The fourth-order valence-electron chi connectivity index (χ4n) is 2.62. The van der Waals surface area contributed by atoms with Gasteiger partial charge >= 0.3 is 0 Å². The van der Waals surface area contributed by atoms with E-state index in [-0.39, 0.29) is 0 Å². The van der Waals surface area contributed by atoms with E-state index in [2.05, 4.69) is 75.3 Å². The Bertz CT molecular complexity index is 403. The second-order valence-corrected chi connectivity index (χ2v) is 7.32. The third kappa shape index (κ3) is 4.07. The van der Waals surface area contributed by atoms with Crippen LogP contribution in [0.5, 0.6) is 0 Å². The Kier molecular flexibility index (Phi) is 4.87. The third-order valence-electron chi connectivity index (χ3n) is 4.72. The topological polar surface area (TPSA) is 15.3 Å². The van der Waals surface area contributed by atoms with Crippen LogP contribution in [0.25, 0.3) is 0 Å². The van der Waals surface area contributed by atoms with Crippen LogP contribution < -0.4 is 5.32 Å². The van der Waals surface area contributed by atoms with Gasteiger partial charge in [0.2, 0.25) is 0 Å². The fourth-order valence-corrected chi connectivity index (χ4v) is 2.62. The minimum Gasteiger partial charge on any atom is -0.312 e. The van der Waals surface area contributed by atoms with E-state index in [1.165, 1.54) is 18.4 Å². The largest absolute Gasteiger partial charge is 0.312 e. The van der Waals surface area contributed by atoms with E-state index in [1.54, 1.807) is 0 Å². The summed E-state index contributed by atoms with van der Waals surface area (Å²) in [6.07, 6.45) is 2.69. The van der Waals surface area contributed by atoms with Gasteiger partial charge < -0.3 is 5.32 Å². The van der Waals surface area contributed by atoms with Crippen LogP contribution in [-0.2, 0) is 0 Å². The lowest BCUT2D eigenvalue weighted by Gasteiger charge is -2.40. The Morgan fingerprint density at radius 3 is 2.30 bits per heavy atom. The molecule has 0 bridgehead atoms. The molecule has 1 N–H and O–H groups in total. The average molecular weight is 274 g/mol. The van der Waals surface area contributed by atoms with Gasteiger partial charge in [-0.3, -0.25) is 4.90 Å². The first-order valence-corrected chi connectivity index (χ1v) is 7.90. The summed E-state index contributed by atoms with van der Waals surface area (Å²) in [5, 5.41) is 3.70. The van der Waals surface area contributed by atoms with Crippen molar-refractivity contribution in [2.24, 2.45) is 5.41 Å². The highest BCUT2D eigenvalue weighted by molar-refractivity contribution is 5.20. The summed E-state index contributed by atoms with van der Waals surface area (Å²) in [4.78, 5) is 2.53. The van der Waals surface area contributed by atoms with Crippen molar-refractivity contribution in [1.82, 2.24) is 10.2 Å². The molecule has 20 heavy (non-hydrogen) atoms. The first-order chi connectivity index (χ1) is 9.39. The summed E-state index contributed by atoms with van der Waals surface area (Å²) in [5.41, 5.74) is 1.71. The van der Waals surface area contributed by atoms with E-state index in [0.717, 1.165) is 12.6 Å². The number of nitrogens with zero attached hydrogens (tertiary/aromatic N) is 1. The highest BCUT2D eigenvalue weighted by Gasteiger charge is 2.30. The molecule has 112 valence electrons. The van der Waals surface area contributed by atoms with E-state index >= 15 is 0 Å². The van der Waals surface area contributed by atoms with Gasteiger partial charge in [-0.05, 0) is 37.8 Å². The van der Waals surface area contributed by atoms with E-state index < -0.39 is 0 Å². The zero-order valence-corrected chi connectivity index (χ0v) is 13.7. The molecule has 0 amide bonds. The Morgan fingerprint density at radius 1 is 1.20 bits per heavy atom. The Labute approximate surface area is 124 Å². The molecule has 2 nitrogen and oxygen atoms in total. The van der Waals surface area contributed by atoms with Crippen LogP contribution in [0.3, 0.4) is 0 Å². The maximum absolute atomic E-state index is 3.70. The van der Waals surface area contributed by atoms with Crippen molar-refractivity contribution < 1.29 is 0 Å². The Balaban J connectivity index is 2.12. The van der Waals surface area contributed by atoms with Crippen LogP contribution in [0.1, 0.15) is 52.1 Å². The molecule has 2 atom stereocenters. The molecule has 0 aliphatic heterocycles. The summed E-state index contributed by atoms with van der Waals surface area (Å²) in [5.74, 6) is 0. The van der Waals surface area contributed by atoms with Crippen molar-refractivity contribution >= 4 is 0 Å². The van der Waals surface area contributed by atoms with E-state index in [9.17, 15) is 0 Å². The monoisotopic (exact) mass is 274 g/mol. The van der Waals surface area contributed by atoms with E-state index in [4.69, 9.17) is 0 Å². The quantitative estimate of drug-likeness (QED) is 0.847. The smallest absolute Gasteiger partial charge is 0.0472 e. The summed E-state index contributed by atoms with van der Waals surface area (Å²) >= 11 is 0. The molecule has 1 aliphatic carbocycles. The molecule has 2 heteroatoms. The summed E-state index contributed by atoms with van der Waals surface area (Å²) in [6.45, 7) is 10.4. The summed E-state index contributed by atoms with van der Waals surface area (Å²) in [6, 6.07) is 12.7. The molecule has 1 fully saturated rings. The lowest BCUT2D eigenvalue weighted by atomic mass is 9.86. The molecular formula is C18H30N2. The van der Waals surface area contributed by atoms with Gasteiger partial charge in [-0.25, -0.2) is 0 Å². The van der Waals surface area contributed by atoms with Crippen molar-refractivity contribution in [2.45, 2.75) is 58.7 Å². The number of hydrogen-bond donors (Lipinski definition) is 1. The number of rotatable bonds is 6. The van der Waals surface area contributed by atoms with Crippen LogP contribution in [-0.4, -0.2) is 30.6 Å². The van der Waals surface area contributed by atoms with Crippen LogP contribution in [0.15, 0.2) is 30.3 Å². The molecule has 1 saturated carbocycles. The van der Waals surface area contributed by atoms with Gasteiger partial charge in [0.25, 0.3) is 0 Å². The zero-order valence-electron chi connectivity index (χ0n) is 13.7. The molecule has 1 aliphatic rings. The molecule has 0 radical (unpaired) electrons. The lowest BCUT2D eigenvalue weighted by molar-refractivity contribution is 0.0958. The van der Waals surface area contributed by atoms with Crippen molar-refractivity contribution in [3.8, 4) is 0 Å². The highest BCUT2D eigenvalue weighted by atomic mass is 15.2. The molecule has 0 spiro atoms. The maximum Gasteiger partial charge on any atom is 0.0472 e. The van der Waals surface area contributed by atoms with Crippen molar-refractivity contribution in [2.75, 3.05) is 13.6 Å². The van der Waals surface area contributed by atoms with Crippen LogP contribution in [0.4, 0.5) is 0 Å². The Hall–Kier alpha value is -0.860. The van der Waals surface area contributed by atoms with E-state index in [1.807, 2.05) is 0 Å². The van der Waals surface area contributed by atoms with Crippen molar-refractivity contribution in [3.05, 3.63) is 35.9 Å². The fraction of sp³-hybridized carbons (Fsp3) is 0.667. The van der Waals surface area contributed by atoms with Crippen molar-refractivity contribution in [3.63, 3.8) is 0 Å². The summed E-state index contributed by atoms with van der Waals surface area (Å²) in [7, 11) is 2.27. The normalized spacial score (nSPS) is 19.1. The van der Waals surface area contributed by atoms with Gasteiger partial charge in [0.05, 0.1) is 0 Å². The summed E-state index contributed by atoms with van der Waals surface area (Å²) < 4.78 is 0. The molecule has 0 aromatic heterocycles. The van der Waals surface area contributed by atoms with Crippen LogP contribution in [0.2, 0.25) is 0 Å². The molecule has 0 heterocycles. The number of nitrogens with one attached hydrogen (secondary N) is 1. The molecule has 2 rings (SSSR count). The number of hydrogen-bond acceptors (Lipinski definition) is 2. The molecule has 2 unspecified atom stereocenters. The maximum atomic E-state index is 3.70. The van der Waals surface area contributed by atoms with Crippen molar-refractivity contribution in [1.29, 1.82) is 0 Å². The van der Waals surface area contributed by atoms with Crippen LogP contribution >= 0.6 is 0 Å². The van der Waals surface area contributed by atoms with Crippen LogP contribution in [0, 0.1) is 5.41 Å². The first-order valence-electron chi connectivity index (χ1n) is 7.90. The average Bonchev–Trinajstić information content (AvgIpc) is 3.22. The first kappa shape index (κ1) is 15.5. The predicted molar refractivity (Wildman–Crippen MR) is 86.9 cm³/mol. The van der Waals surface area contributed by atoms with Gasteiger partial charge in [0.15, 0.2) is 0 Å². The number of likely N-dealkylation sites (N-methyl/N-ethyl adjacent to an activating group) is 1. The molecule has 1 aromatic carbocycles. The minimum atomic E-state index is 0.293. The predicted octanol–water partition coefficient (Wildman–Crippen LogP) is 3.85. The SMILES string of the molecule is CC(N(C)C(CNC1CC1)c1ccccc1)C(C)(C)C. The van der Waals surface area contributed by atoms with Gasteiger partial charge in [-0.15, -0.1) is 0 Å². The minimum absolute atomic E-state index is 0.293. The lowest BCUT2D eigenvalue weighted by Crippen LogP contribution is -2.44. The zero-order chi connectivity index (χ0) is 14.8. The molecular weight excluding hydrogens is 244 g/mol. The third-order valence-corrected chi connectivity index (χ3v) is 4.72. The van der Waals surface area contributed by atoms with Gasteiger partial charge in [0, 0.05) is 24.7 Å². The van der Waals surface area contributed by atoms with Gasteiger partial charge in [0.1, 0.15) is 0 Å². The standard InChI is InChI=1S/C18H30N2/c1-14(18(2,3)4)20(5)17(13-19-16-11-12-16)15-9-7-6-8-10-15/h6-10,14,16-17,19H,11-13H2,1-5H3. The van der Waals surface area contributed by atoms with Gasteiger partial charge in [-0.2, -0.15) is 0 Å². The molecule has 1 aromatic rings. The van der Waals surface area contributed by atoms with Gasteiger partial charge in [-0.1, -0.05) is 51.1 Å². The second-order valence-electron chi connectivity index (χ2n) is 7.32.